The summed E-state index contributed by atoms with van der Waals surface area (Å²) in [6, 6.07) is 14.2. The second-order valence-corrected chi connectivity index (χ2v) is 6.31. The minimum atomic E-state index is -0.325. The Kier molecular flexibility index (Phi) is 4.62. The molecular formula is C19H15NO3S. The molecule has 0 N–H and O–H groups in total. The number of carbonyl (C=O) groups excluding carboxylic acids is 3. The Labute approximate surface area is 144 Å². The highest BCUT2D eigenvalue weighted by Gasteiger charge is 2.36. The normalized spacial score (nSPS) is 16.0. The molecule has 0 radical (unpaired) electrons. The summed E-state index contributed by atoms with van der Waals surface area (Å²) in [5, 5.41) is -0.306. The quantitative estimate of drug-likeness (QED) is 0.616. The Bertz CT molecular complexity index is 823. The highest BCUT2D eigenvalue weighted by Crippen LogP contribution is 2.35. The first kappa shape index (κ1) is 16.2. The zero-order valence-electron chi connectivity index (χ0n) is 13.1. The van der Waals surface area contributed by atoms with E-state index in [2.05, 4.69) is 0 Å². The maximum atomic E-state index is 12.6. The molecular weight excluding hydrogens is 322 g/mol. The van der Waals surface area contributed by atoms with Crippen molar-refractivity contribution >= 4 is 41.0 Å². The molecule has 4 nitrogen and oxygen atoms in total. The van der Waals surface area contributed by atoms with Crippen LogP contribution in [0.2, 0.25) is 0 Å². The fourth-order valence-corrected chi connectivity index (χ4v) is 3.23. The van der Waals surface area contributed by atoms with Crippen LogP contribution in [0.3, 0.4) is 0 Å². The van der Waals surface area contributed by atoms with E-state index in [1.807, 2.05) is 19.1 Å². The van der Waals surface area contributed by atoms with Crippen LogP contribution in [0.5, 0.6) is 0 Å². The summed E-state index contributed by atoms with van der Waals surface area (Å²) in [5.41, 5.74) is 3.06. The third-order valence-electron chi connectivity index (χ3n) is 3.77. The molecule has 0 aliphatic carbocycles. The molecule has 0 spiro atoms. The van der Waals surface area contributed by atoms with Gasteiger partial charge in [0.05, 0.1) is 10.6 Å². The van der Waals surface area contributed by atoms with Crippen LogP contribution in [0.1, 0.15) is 28.4 Å². The van der Waals surface area contributed by atoms with Gasteiger partial charge in [-0.1, -0.05) is 43.3 Å². The minimum absolute atomic E-state index is 0.306. The van der Waals surface area contributed by atoms with Gasteiger partial charge in [-0.15, -0.1) is 0 Å². The van der Waals surface area contributed by atoms with Crippen LogP contribution >= 0.6 is 11.8 Å². The fraction of sp³-hybridized carbons (Fsp3) is 0.105. The topological polar surface area (TPSA) is 54.5 Å². The van der Waals surface area contributed by atoms with E-state index in [0.29, 0.717) is 16.2 Å². The lowest BCUT2D eigenvalue weighted by molar-refractivity contribution is -0.113. The first-order chi connectivity index (χ1) is 11.6. The number of aldehydes is 1. The van der Waals surface area contributed by atoms with Crippen molar-refractivity contribution < 1.29 is 14.4 Å². The minimum Gasteiger partial charge on any atom is -0.298 e. The van der Waals surface area contributed by atoms with Gasteiger partial charge in [-0.2, -0.15) is 0 Å². The first-order valence-corrected chi connectivity index (χ1v) is 8.36. The number of hydrogen-bond donors (Lipinski definition) is 0. The molecule has 3 rings (SSSR count). The lowest BCUT2D eigenvalue weighted by atomic mass is 10.1. The van der Waals surface area contributed by atoms with Crippen LogP contribution in [0.25, 0.3) is 6.08 Å². The van der Waals surface area contributed by atoms with Crippen molar-refractivity contribution in [3.63, 3.8) is 0 Å². The summed E-state index contributed by atoms with van der Waals surface area (Å²) >= 11 is 0.920. The summed E-state index contributed by atoms with van der Waals surface area (Å²) in [5.74, 6) is -0.325. The summed E-state index contributed by atoms with van der Waals surface area (Å²) in [6.45, 7) is 2.05. The van der Waals surface area contributed by atoms with Gasteiger partial charge >= 0.3 is 0 Å². The number of amides is 2. The third-order valence-corrected chi connectivity index (χ3v) is 4.64. The zero-order valence-corrected chi connectivity index (χ0v) is 13.9. The average molecular weight is 337 g/mol. The van der Waals surface area contributed by atoms with Crippen LogP contribution in [0.15, 0.2) is 53.4 Å². The first-order valence-electron chi connectivity index (χ1n) is 7.54. The van der Waals surface area contributed by atoms with E-state index in [9.17, 15) is 14.4 Å². The molecule has 120 valence electrons. The van der Waals surface area contributed by atoms with Crippen molar-refractivity contribution in [1.82, 2.24) is 0 Å². The lowest BCUT2D eigenvalue weighted by Crippen LogP contribution is -2.27. The number of rotatable bonds is 4. The van der Waals surface area contributed by atoms with Crippen LogP contribution in [-0.2, 0) is 11.2 Å². The van der Waals surface area contributed by atoms with Crippen LogP contribution < -0.4 is 4.90 Å². The van der Waals surface area contributed by atoms with Crippen molar-refractivity contribution in [1.29, 1.82) is 0 Å². The SMILES string of the molecule is CCc1ccc(N2C(=O)S/C(=C\c3ccc(C=O)cc3)C2=O)cc1. The van der Waals surface area contributed by atoms with Crippen molar-refractivity contribution in [2.45, 2.75) is 13.3 Å². The predicted molar refractivity (Wildman–Crippen MR) is 96.1 cm³/mol. The molecule has 1 aliphatic heterocycles. The van der Waals surface area contributed by atoms with Crippen LogP contribution in [0.4, 0.5) is 10.5 Å². The van der Waals surface area contributed by atoms with E-state index < -0.39 is 0 Å². The summed E-state index contributed by atoms with van der Waals surface area (Å²) in [6.07, 6.45) is 3.33. The monoisotopic (exact) mass is 337 g/mol. The molecule has 2 aromatic carbocycles. The second kappa shape index (κ2) is 6.84. The standard InChI is InChI=1S/C19H15NO3S/c1-2-13-7-9-16(10-8-13)20-18(22)17(24-19(20)23)11-14-3-5-15(12-21)6-4-14/h3-12H,2H2,1H3/b17-11-. The lowest BCUT2D eigenvalue weighted by Gasteiger charge is -2.12. The van der Waals surface area contributed by atoms with Gasteiger partial charge in [-0.25, -0.2) is 4.90 Å². The van der Waals surface area contributed by atoms with Crippen molar-refractivity contribution in [2.75, 3.05) is 4.90 Å². The van der Waals surface area contributed by atoms with E-state index in [1.54, 1.807) is 42.5 Å². The molecule has 2 amide bonds. The molecule has 0 unspecified atom stereocenters. The van der Waals surface area contributed by atoms with Gasteiger partial charge in [-0.3, -0.25) is 14.4 Å². The highest BCUT2D eigenvalue weighted by atomic mass is 32.2. The molecule has 1 aliphatic rings. The molecule has 1 saturated heterocycles. The molecule has 5 heteroatoms. The van der Waals surface area contributed by atoms with Gasteiger partial charge in [0.25, 0.3) is 11.1 Å². The largest absolute Gasteiger partial charge is 0.298 e. The average Bonchev–Trinajstić information content (AvgIpc) is 2.89. The van der Waals surface area contributed by atoms with E-state index in [1.165, 1.54) is 4.90 Å². The Morgan fingerprint density at radius 2 is 1.58 bits per heavy atom. The smallest absolute Gasteiger partial charge is 0.298 e. The van der Waals surface area contributed by atoms with Gasteiger partial charge in [-0.05, 0) is 47.5 Å². The summed E-state index contributed by atoms with van der Waals surface area (Å²) in [7, 11) is 0. The number of anilines is 1. The van der Waals surface area contributed by atoms with Gasteiger partial charge in [0.2, 0.25) is 0 Å². The second-order valence-electron chi connectivity index (χ2n) is 5.32. The summed E-state index contributed by atoms with van der Waals surface area (Å²) in [4.78, 5) is 37.0. The Morgan fingerprint density at radius 1 is 0.958 bits per heavy atom. The van der Waals surface area contributed by atoms with E-state index >= 15 is 0 Å². The third kappa shape index (κ3) is 3.16. The Balaban J connectivity index is 1.87. The molecule has 0 atom stereocenters. The predicted octanol–water partition coefficient (Wildman–Crippen LogP) is 4.30. The Morgan fingerprint density at radius 3 is 2.17 bits per heavy atom. The van der Waals surface area contributed by atoms with Crippen molar-refractivity contribution in [3.8, 4) is 0 Å². The van der Waals surface area contributed by atoms with Gasteiger partial charge < -0.3 is 0 Å². The molecule has 0 saturated carbocycles. The van der Waals surface area contributed by atoms with Crippen LogP contribution in [-0.4, -0.2) is 17.4 Å². The number of thioether (sulfide) groups is 1. The highest BCUT2D eigenvalue weighted by molar-refractivity contribution is 8.19. The van der Waals surface area contributed by atoms with E-state index in [0.717, 1.165) is 35.6 Å². The summed E-state index contributed by atoms with van der Waals surface area (Å²) < 4.78 is 0. The Hall–Kier alpha value is -2.66. The number of nitrogens with zero attached hydrogens (tertiary/aromatic N) is 1. The maximum absolute atomic E-state index is 12.6. The van der Waals surface area contributed by atoms with Gasteiger partial charge in [0.1, 0.15) is 6.29 Å². The van der Waals surface area contributed by atoms with Crippen molar-refractivity contribution in [2.24, 2.45) is 0 Å². The van der Waals surface area contributed by atoms with E-state index in [-0.39, 0.29) is 11.1 Å². The molecule has 0 aromatic heterocycles. The number of carbonyl (C=O) groups is 3. The molecule has 1 fully saturated rings. The molecule has 0 bridgehead atoms. The maximum Gasteiger partial charge on any atom is 0.298 e. The zero-order chi connectivity index (χ0) is 17.1. The van der Waals surface area contributed by atoms with E-state index in [4.69, 9.17) is 0 Å². The van der Waals surface area contributed by atoms with Gasteiger partial charge in [0, 0.05) is 5.56 Å². The van der Waals surface area contributed by atoms with Crippen LogP contribution in [0, 0.1) is 0 Å². The number of benzene rings is 2. The number of imide groups is 1. The molecule has 24 heavy (non-hydrogen) atoms. The van der Waals surface area contributed by atoms with Crippen molar-refractivity contribution in [3.05, 3.63) is 70.1 Å². The fourth-order valence-electron chi connectivity index (χ4n) is 2.39. The van der Waals surface area contributed by atoms with Gasteiger partial charge in [0.15, 0.2) is 0 Å². The molecule has 2 aromatic rings. The molecule has 1 heterocycles. The number of aryl methyl sites for hydroxylation is 1. The number of hydrogen-bond acceptors (Lipinski definition) is 4.